The van der Waals surface area contributed by atoms with E-state index in [1.54, 1.807) is 18.2 Å². The average molecular weight is 196 g/mol. The first-order chi connectivity index (χ1) is 6.68. The summed E-state index contributed by atoms with van der Waals surface area (Å²) in [4.78, 5) is 3.99. The summed E-state index contributed by atoms with van der Waals surface area (Å²) >= 11 is 0. The Morgan fingerprint density at radius 2 is 2.14 bits per heavy atom. The summed E-state index contributed by atoms with van der Waals surface area (Å²) in [5, 5.41) is 0. The summed E-state index contributed by atoms with van der Waals surface area (Å²) < 4.78 is 10.6. The van der Waals surface area contributed by atoms with Crippen molar-refractivity contribution in [2.75, 3.05) is 18.9 Å². The summed E-state index contributed by atoms with van der Waals surface area (Å²) in [6.45, 7) is 5.03. The molecule has 1 rings (SSSR count). The number of pyridine rings is 1. The van der Waals surface area contributed by atoms with Crippen LogP contribution in [-0.2, 0) is 4.74 Å². The van der Waals surface area contributed by atoms with E-state index in [1.165, 1.54) is 0 Å². The number of nitrogen functional groups attached to an aromatic ring is 1. The van der Waals surface area contributed by atoms with Gasteiger partial charge in [0.25, 0.3) is 0 Å². The van der Waals surface area contributed by atoms with Gasteiger partial charge in [0.2, 0.25) is 5.88 Å². The second-order valence-corrected chi connectivity index (χ2v) is 3.17. The molecule has 1 heterocycles. The molecule has 14 heavy (non-hydrogen) atoms. The molecule has 78 valence electrons. The lowest BCUT2D eigenvalue weighted by atomic mass is 10.4. The Hall–Kier alpha value is -1.29. The van der Waals surface area contributed by atoms with Crippen molar-refractivity contribution in [2.45, 2.75) is 20.0 Å². The lowest BCUT2D eigenvalue weighted by Gasteiger charge is -2.08. The number of ether oxygens (including phenoxy) is 2. The number of anilines is 1. The molecule has 0 saturated heterocycles. The van der Waals surface area contributed by atoms with Crippen molar-refractivity contribution < 1.29 is 9.47 Å². The average Bonchev–Trinajstić information content (AvgIpc) is 2.12. The third-order valence-corrected chi connectivity index (χ3v) is 1.53. The smallest absolute Gasteiger partial charge is 0.215 e. The summed E-state index contributed by atoms with van der Waals surface area (Å²) in [5.41, 5.74) is 5.49. The van der Waals surface area contributed by atoms with Gasteiger partial charge in [0.1, 0.15) is 12.4 Å². The molecule has 0 aliphatic rings. The van der Waals surface area contributed by atoms with Gasteiger partial charge in [0.05, 0.1) is 12.7 Å². The van der Waals surface area contributed by atoms with Gasteiger partial charge in [-0.25, -0.2) is 0 Å². The molecule has 0 atom stereocenters. The standard InChI is InChI=1S/C10H16N2O2/c1-8(2)13-6-7-14-10-5-3-4-9(11)12-10/h3-5,8H,6-7H2,1-2H3,(H2,11,12). The molecular weight excluding hydrogens is 180 g/mol. The first-order valence-electron chi connectivity index (χ1n) is 4.65. The Bertz CT molecular complexity index is 277. The minimum Gasteiger partial charge on any atom is -0.475 e. The highest BCUT2D eigenvalue weighted by Gasteiger charge is 1.96. The van der Waals surface area contributed by atoms with Crippen LogP contribution in [0.5, 0.6) is 5.88 Å². The predicted octanol–water partition coefficient (Wildman–Crippen LogP) is 1.47. The Labute approximate surface area is 84.0 Å². The number of hydrogen-bond donors (Lipinski definition) is 1. The summed E-state index contributed by atoms with van der Waals surface area (Å²) in [6.07, 6.45) is 0.229. The highest BCUT2D eigenvalue weighted by atomic mass is 16.5. The fourth-order valence-corrected chi connectivity index (χ4v) is 0.941. The molecule has 0 saturated carbocycles. The quantitative estimate of drug-likeness (QED) is 0.724. The third-order valence-electron chi connectivity index (χ3n) is 1.53. The predicted molar refractivity (Wildman–Crippen MR) is 55.2 cm³/mol. The number of rotatable bonds is 5. The van der Waals surface area contributed by atoms with E-state index in [2.05, 4.69) is 4.98 Å². The van der Waals surface area contributed by atoms with Gasteiger partial charge < -0.3 is 15.2 Å². The van der Waals surface area contributed by atoms with Gasteiger partial charge in [-0.15, -0.1) is 0 Å². The van der Waals surface area contributed by atoms with E-state index in [4.69, 9.17) is 15.2 Å². The molecule has 1 aromatic rings. The minimum absolute atomic E-state index is 0.229. The van der Waals surface area contributed by atoms with Crippen molar-refractivity contribution in [3.05, 3.63) is 18.2 Å². The van der Waals surface area contributed by atoms with Gasteiger partial charge in [-0.1, -0.05) is 6.07 Å². The van der Waals surface area contributed by atoms with Crippen molar-refractivity contribution in [1.82, 2.24) is 4.98 Å². The SMILES string of the molecule is CC(C)OCCOc1cccc(N)n1. The van der Waals surface area contributed by atoms with Crippen LogP contribution in [0.25, 0.3) is 0 Å². The zero-order valence-corrected chi connectivity index (χ0v) is 8.56. The van der Waals surface area contributed by atoms with Gasteiger partial charge in [-0.05, 0) is 19.9 Å². The second kappa shape index (κ2) is 5.44. The molecule has 0 unspecified atom stereocenters. The van der Waals surface area contributed by atoms with Crippen LogP contribution < -0.4 is 10.5 Å². The van der Waals surface area contributed by atoms with Crippen molar-refractivity contribution >= 4 is 5.82 Å². The Morgan fingerprint density at radius 3 is 2.79 bits per heavy atom. The first kappa shape index (κ1) is 10.8. The summed E-state index contributed by atoms with van der Waals surface area (Å²) in [6, 6.07) is 5.30. The zero-order chi connectivity index (χ0) is 10.4. The fourth-order valence-electron chi connectivity index (χ4n) is 0.941. The maximum atomic E-state index is 5.49. The normalized spacial score (nSPS) is 10.5. The monoisotopic (exact) mass is 196 g/mol. The van der Waals surface area contributed by atoms with Gasteiger partial charge in [-0.3, -0.25) is 0 Å². The van der Waals surface area contributed by atoms with Crippen LogP contribution in [0.15, 0.2) is 18.2 Å². The van der Waals surface area contributed by atoms with Crippen LogP contribution in [0, 0.1) is 0 Å². The Kier molecular flexibility index (Phi) is 4.19. The van der Waals surface area contributed by atoms with Crippen molar-refractivity contribution in [3.8, 4) is 5.88 Å². The van der Waals surface area contributed by atoms with Gasteiger partial charge in [-0.2, -0.15) is 4.98 Å². The maximum Gasteiger partial charge on any atom is 0.215 e. The van der Waals surface area contributed by atoms with Gasteiger partial charge in [0.15, 0.2) is 0 Å². The fraction of sp³-hybridized carbons (Fsp3) is 0.500. The molecule has 0 aliphatic heterocycles. The number of nitrogens with two attached hydrogens (primary N) is 1. The van der Waals surface area contributed by atoms with E-state index in [9.17, 15) is 0 Å². The number of nitrogens with zero attached hydrogens (tertiary/aromatic N) is 1. The number of hydrogen-bond acceptors (Lipinski definition) is 4. The molecule has 0 aliphatic carbocycles. The zero-order valence-electron chi connectivity index (χ0n) is 8.56. The van der Waals surface area contributed by atoms with Crippen LogP contribution in [0.4, 0.5) is 5.82 Å². The molecule has 4 heteroatoms. The van der Waals surface area contributed by atoms with E-state index < -0.39 is 0 Å². The Morgan fingerprint density at radius 1 is 1.36 bits per heavy atom. The van der Waals surface area contributed by atoms with Crippen LogP contribution >= 0.6 is 0 Å². The molecule has 0 aromatic carbocycles. The van der Waals surface area contributed by atoms with E-state index in [1.807, 2.05) is 13.8 Å². The molecule has 1 aromatic heterocycles. The summed E-state index contributed by atoms with van der Waals surface area (Å²) in [5.74, 6) is 1.00. The Balaban J connectivity index is 2.25. The van der Waals surface area contributed by atoms with Gasteiger partial charge >= 0.3 is 0 Å². The minimum atomic E-state index is 0.229. The highest BCUT2D eigenvalue weighted by Crippen LogP contribution is 2.07. The van der Waals surface area contributed by atoms with Crippen LogP contribution in [0.2, 0.25) is 0 Å². The largest absolute Gasteiger partial charge is 0.475 e. The maximum absolute atomic E-state index is 5.49. The molecule has 0 bridgehead atoms. The molecule has 0 radical (unpaired) electrons. The molecule has 4 nitrogen and oxygen atoms in total. The highest BCUT2D eigenvalue weighted by molar-refractivity contribution is 5.30. The van der Waals surface area contributed by atoms with Crippen molar-refractivity contribution in [3.63, 3.8) is 0 Å². The van der Waals surface area contributed by atoms with Crippen LogP contribution in [0.3, 0.4) is 0 Å². The molecule has 0 fully saturated rings. The topological polar surface area (TPSA) is 57.4 Å². The lowest BCUT2D eigenvalue weighted by Crippen LogP contribution is -2.11. The molecular formula is C10H16N2O2. The van der Waals surface area contributed by atoms with E-state index in [0.29, 0.717) is 24.9 Å². The van der Waals surface area contributed by atoms with E-state index in [-0.39, 0.29) is 6.10 Å². The van der Waals surface area contributed by atoms with E-state index in [0.717, 1.165) is 0 Å². The van der Waals surface area contributed by atoms with Crippen LogP contribution in [-0.4, -0.2) is 24.3 Å². The number of aromatic nitrogens is 1. The molecule has 0 spiro atoms. The van der Waals surface area contributed by atoms with Crippen molar-refractivity contribution in [2.24, 2.45) is 0 Å². The van der Waals surface area contributed by atoms with Gasteiger partial charge in [0, 0.05) is 6.07 Å². The molecule has 2 N–H and O–H groups in total. The first-order valence-corrected chi connectivity index (χ1v) is 4.65. The van der Waals surface area contributed by atoms with Crippen molar-refractivity contribution in [1.29, 1.82) is 0 Å². The van der Waals surface area contributed by atoms with E-state index >= 15 is 0 Å². The second-order valence-electron chi connectivity index (χ2n) is 3.17. The van der Waals surface area contributed by atoms with Crippen LogP contribution in [0.1, 0.15) is 13.8 Å². The summed E-state index contributed by atoms with van der Waals surface area (Å²) in [7, 11) is 0. The lowest BCUT2D eigenvalue weighted by molar-refractivity contribution is 0.0543. The molecule has 0 amide bonds. The third kappa shape index (κ3) is 4.09.